The molecule has 0 aliphatic carbocycles. The Bertz CT molecular complexity index is 581. The highest BCUT2D eigenvalue weighted by atomic mass is 32.2. The molecule has 2 nitrogen and oxygen atoms in total. The first-order valence-electron chi connectivity index (χ1n) is 6.73. The van der Waals surface area contributed by atoms with Gasteiger partial charge in [-0.2, -0.15) is 0 Å². The van der Waals surface area contributed by atoms with Gasteiger partial charge in [-0.15, -0.1) is 11.8 Å². The summed E-state index contributed by atoms with van der Waals surface area (Å²) in [6, 6.07) is 15.0. The molecule has 0 atom stereocenters. The van der Waals surface area contributed by atoms with Crippen LogP contribution in [0.25, 0.3) is 11.1 Å². The highest BCUT2D eigenvalue weighted by Crippen LogP contribution is 2.37. The van der Waals surface area contributed by atoms with Crippen molar-refractivity contribution in [1.82, 2.24) is 0 Å². The Morgan fingerprint density at radius 3 is 2.50 bits per heavy atom. The molecule has 0 radical (unpaired) electrons. The van der Waals surface area contributed by atoms with Gasteiger partial charge < -0.3 is 10.1 Å². The molecule has 1 N–H and O–H groups in total. The third-order valence-corrected chi connectivity index (χ3v) is 3.84. The minimum absolute atomic E-state index is 0.396. The van der Waals surface area contributed by atoms with Crippen molar-refractivity contribution < 1.29 is 4.74 Å². The van der Waals surface area contributed by atoms with Gasteiger partial charge in [0.1, 0.15) is 5.75 Å². The van der Waals surface area contributed by atoms with Crippen LogP contribution in [0.1, 0.15) is 13.8 Å². The van der Waals surface area contributed by atoms with Crippen molar-refractivity contribution in [1.29, 1.82) is 0 Å². The second-order valence-electron chi connectivity index (χ2n) is 4.91. The van der Waals surface area contributed by atoms with Gasteiger partial charge in [0, 0.05) is 16.5 Å². The van der Waals surface area contributed by atoms with Gasteiger partial charge in [-0.05, 0) is 43.9 Å². The summed E-state index contributed by atoms with van der Waals surface area (Å²) in [5, 5.41) is 3.57. The van der Waals surface area contributed by atoms with Crippen LogP contribution in [0.2, 0.25) is 0 Å². The maximum Gasteiger partial charge on any atom is 0.119 e. The Labute approximate surface area is 125 Å². The predicted molar refractivity (Wildman–Crippen MR) is 89.0 cm³/mol. The summed E-state index contributed by atoms with van der Waals surface area (Å²) in [6.07, 6.45) is 2.11. The molecule has 0 heterocycles. The van der Waals surface area contributed by atoms with E-state index in [1.807, 2.05) is 12.1 Å². The summed E-state index contributed by atoms with van der Waals surface area (Å²) >= 11 is 1.76. The fraction of sp³-hybridized carbons (Fsp3) is 0.294. The predicted octanol–water partition coefficient (Wildman–Crippen LogP) is 4.90. The van der Waals surface area contributed by atoms with Crippen molar-refractivity contribution in [2.75, 3.05) is 18.7 Å². The van der Waals surface area contributed by atoms with Crippen LogP contribution in [0.5, 0.6) is 5.75 Å². The van der Waals surface area contributed by atoms with Gasteiger partial charge in [0.05, 0.1) is 12.8 Å². The minimum atomic E-state index is 0.396. The van der Waals surface area contributed by atoms with Crippen LogP contribution in [-0.2, 0) is 0 Å². The van der Waals surface area contributed by atoms with E-state index in [1.54, 1.807) is 18.9 Å². The SMILES string of the molecule is COc1cccc(-c2cccc(SC)c2NC(C)C)c1. The molecule has 0 aromatic heterocycles. The van der Waals surface area contributed by atoms with Crippen LogP contribution in [0.15, 0.2) is 47.4 Å². The Morgan fingerprint density at radius 1 is 1.10 bits per heavy atom. The van der Waals surface area contributed by atoms with E-state index in [4.69, 9.17) is 4.74 Å². The molecule has 0 fully saturated rings. The number of rotatable bonds is 5. The fourth-order valence-electron chi connectivity index (χ4n) is 2.17. The van der Waals surface area contributed by atoms with Crippen molar-refractivity contribution in [3.63, 3.8) is 0 Å². The van der Waals surface area contributed by atoms with Crippen LogP contribution in [0, 0.1) is 0 Å². The lowest BCUT2D eigenvalue weighted by Gasteiger charge is -2.18. The van der Waals surface area contributed by atoms with E-state index in [-0.39, 0.29) is 0 Å². The molecule has 0 amide bonds. The van der Waals surface area contributed by atoms with E-state index in [1.165, 1.54) is 21.7 Å². The summed E-state index contributed by atoms with van der Waals surface area (Å²) in [6.45, 7) is 4.32. The number of anilines is 1. The van der Waals surface area contributed by atoms with E-state index in [0.717, 1.165) is 5.75 Å². The van der Waals surface area contributed by atoms with Crippen LogP contribution in [0.4, 0.5) is 5.69 Å². The van der Waals surface area contributed by atoms with Crippen molar-refractivity contribution in [2.24, 2.45) is 0 Å². The number of para-hydroxylation sites is 1. The Kier molecular flexibility index (Phi) is 4.96. The van der Waals surface area contributed by atoms with Crippen LogP contribution >= 0.6 is 11.8 Å². The third-order valence-electron chi connectivity index (χ3n) is 3.06. The van der Waals surface area contributed by atoms with Crippen molar-refractivity contribution in [2.45, 2.75) is 24.8 Å². The monoisotopic (exact) mass is 287 g/mol. The van der Waals surface area contributed by atoms with Crippen LogP contribution in [0.3, 0.4) is 0 Å². The highest BCUT2D eigenvalue weighted by Gasteiger charge is 2.11. The van der Waals surface area contributed by atoms with Gasteiger partial charge in [-0.1, -0.05) is 24.3 Å². The first-order chi connectivity index (χ1) is 9.65. The second-order valence-corrected chi connectivity index (χ2v) is 5.76. The number of ether oxygens (including phenoxy) is 1. The van der Waals surface area contributed by atoms with Gasteiger partial charge in [-0.25, -0.2) is 0 Å². The molecule has 0 aliphatic rings. The zero-order valence-electron chi connectivity index (χ0n) is 12.4. The first kappa shape index (κ1) is 14.8. The van der Waals surface area contributed by atoms with Gasteiger partial charge in [0.2, 0.25) is 0 Å². The fourth-order valence-corrected chi connectivity index (χ4v) is 2.76. The molecule has 0 saturated heterocycles. The van der Waals surface area contributed by atoms with E-state index >= 15 is 0 Å². The molecule has 3 heteroatoms. The molecule has 0 unspecified atom stereocenters. The summed E-state index contributed by atoms with van der Waals surface area (Å²) < 4.78 is 5.33. The Hall–Kier alpha value is -1.61. The summed E-state index contributed by atoms with van der Waals surface area (Å²) in [5.41, 5.74) is 3.58. The maximum absolute atomic E-state index is 5.33. The summed E-state index contributed by atoms with van der Waals surface area (Å²) in [4.78, 5) is 1.26. The van der Waals surface area contributed by atoms with E-state index in [0.29, 0.717) is 6.04 Å². The summed E-state index contributed by atoms with van der Waals surface area (Å²) in [7, 11) is 1.70. The van der Waals surface area contributed by atoms with E-state index in [9.17, 15) is 0 Å². The molecule has 0 aliphatic heterocycles. The molecule has 2 aromatic carbocycles. The average Bonchev–Trinajstić information content (AvgIpc) is 2.47. The molecular weight excluding hydrogens is 266 g/mol. The lowest BCUT2D eigenvalue weighted by atomic mass is 10.0. The zero-order valence-corrected chi connectivity index (χ0v) is 13.3. The average molecular weight is 287 g/mol. The quantitative estimate of drug-likeness (QED) is 0.790. The number of nitrogens with one attached hydrogen (secondary N) is 1. The second kappa shape index (κ2) is 6.71. The molecule has 20 heavy (non-hydrogen) atoms. The van der Waals surface area contributed by atoms with Crippen molar-refractivity contribution in [3.8, 4) is 16.9 Å². The van der Waals surface area contributed by atoms with E-state index < -0.39 is 0 Å². The normalized spacial score (nSPS) is 10.7. The van der Waals surface area contributed by atoms with Gasteiger partial charge >= 0.3 is 0 Å². The van der Waals surface area contributed by atoms with Crippen molar-refractivity contribution in [3.05, 3.63) is 42.5 Å². The largest absolute Gasteiger partial charge is 0.497 e. The number of thioether (sulfide) groups is 1. The van der Waals surface area contributed by atoms with Gasteiger partial charge in [0.15, 0.2) is 0 Å². The lowest BCUT2D eigenvalue weighted by Crippen LogP contribution is -2.11. The maximum atomic E-state index is 5.33. The number of hydrogen-bond acceptors (Lipinski definition) is 3. The van der Waals surface area contributed by atoms with Gasteiger partial charge in [-0.3, -0.25) is 0 Å². The molecule has 2 rings (SSSR count). The van der Waals surface area contributed by atoms with Gasteiger partial charge in [0.25, 0.3) is 0 Å². The Balaban J connectivity index is 2.54. The molecule has 0 bridgehead atoms. The summed E-state index contributed by atoms with van der Waals surface area (Å²) in [5.74, 6) is 0.882. The third kappa shape index (κ3) is 3.28. The number of benzene rings is 2. The first-order valence-corrected chi connectivity index (χ1v) is 7.96. The molecular formula is C17H21NOS. The topological polar surface area (TPSA) is 21.3 Å². The van der Waals surface area contributed by atoms with Crippen LogP contribution < -0.4 is 10.1 Å². The van der Waals surface area contributed by atoms with Crippen LogP contribution in [-0.4, -0.2) is 19.4 Å². The molecule has 106 valence electrons. The Morgan fingerprint density at radius 2 is 1.85 bits per heavy atom. The lowest BCUT2D eigenvalue weighted by molar-refractivity contribution is 0.415. The van der Waals surface area contributed by atoms with E-state index in [2.05, 4.69) is 55.8 Å². The molecule has 0 spiro atoms. The molecule has 0 saturated carbocycles. The highest BCUT2D eigenvalue weighted by molar-refractivity contribution is 7.98. The minimum Gasteiger partial charge on any atom is -0.497 e. The zero-order chi connectivity index (χ0) is 14.5. The van der Waals surface area contributed by atoms with Crippen molar-refractivity contribution >= 4 is 17.4 Å². The molecule has 2 aromatic rings. The standard InChI is InChI=1S/C17H21NOS/c1-12(2)18-17-15(9-6-10-16(17)20-4)13-7-5-8-14(11-13)19-3/h5-12,18H,1-4H3. The smallest absolute Gasteiger partial charge is 0.119 e. The number of hydrogen-bond donors (Lipinski definition) is 1. The number of methoxy groups -OCH3 is 1.